The Balaban J connectivity index is 1.94. The van der Waals surface area contributed by atoms with Crippen LogP contribution in [0, 0.1) is 16.0 Å². The van der Waals surface area contributed by atoms with Crippen molar-refractivity contribution in [3.63, 3.8) is 0 Å². The maximum Gasteiger partial charge on any atom is 0.279 e. The van der Waals surface area contributed by atoms with Gasteiger partial charge in [-0.3, -0.25) is 14.9 Å². The van der Waals surface area contributed by atoms with Crippen molar-refractivity contribution < 1.29 is 14.5 Å². The lowest BCUT2D eigenvalue weighted by molar-refractivity contribution is -0.383. The van der Waals surface area contributed by atoms with E-state index in [1.54, 1.807) is 23.2 Å². The van der Waals surface area contributed by atoms with Gasteiger partial charge in [-0.25, -0.2) is 0 Å². The molecule has 7 nitrogen and oxygen atoms in total. The van der Waals surface area contributed by atoms with Gasteiger partial charge >= 0.3 is 0 Å². The van der Waals surface area contributed by atoms with Gasteiger partial charge in [-0.15, -0.1) is 0 Å². The number of hydrogen-bond acceptors (Lipinski definition) is 4. The van der Waals surface area contributed by atoms with Crippen LogP contribution in [-0.4, -0.2) is 47.0 Å². The van der Waals surface area contributed by atoms with E-state index in [1.807, 2.05) is 6.92 Å². The molecule has 2 heterocycles. The van der Waals surface area contributed by atoms with Gasteiger partial charge in [0.25, 0.3) is 11.6 Å². The number of amides is 1. The molecule has 1 fully saturated rings. The lowest BCUT2D eigenvalue weighted by Gasteiger charge is -2.23. The fourth-order valence-electron chi connectivity index (χ4n) is 3.05. The van der Waals surface area contributed by atoms with E-state index in [9.17, 15) is 14.9 Å². The summed E-state index contributed by atoms with van der Waals surface area (Å²) in [6.45, 7) is 4.48. The van der Waals surface area contributed by atoms with Crippen molar-refractivity contribution in [2.45, 2.75) is 13.3 Å². The molecule has 1 aromatic heterocycles. The van der Waals surface area contributed by atoms with Crippen molar-refractivity contribution >= 4 is 22.5 Å². The molecule has 0 saturated carbocycles. The molecule has 1 amide bonds. The molecule has 0 unspecified atom stereocenters. The van der Waals surface area contributed by atoms with Crippen molar-refractivity contribution in [2.75, 3.05) is 26.3 Å². The standard InChI is InChI=1S/C16H19N3O4/c1-2-18(9-11-6-7-23-10-11)16(20)12-8-17-13-4-3-5-14(15(12)13)19(21)22/h3-5,8,11,17H,2,6-7,9-10H2,1H3/t11-/m1/s1. The molecule has 1 saturated heterocycles. The summed E-state index contributed by atoms with van der Waals surface area (Å²) in [5.41, 5.74) is 0.906. The molecule has 122 valence electrons. The molecule has 0 bridgehead atoms. The van der Waals surface area contributed by atoms with E-state index >= 15 is 0 Å². The van der Waals surface area contributed by atoms with Gasteiger partial charge < -0.3 is 14.6 Å². The monoisotopic (exact) mass is 317 g/mol. The second kappa shape index (κ2) is 6.37. The highest BCUT2D eigenvalue weighted by molar-refractivity contribution is 6.10. The van der Waals surface area contributed by atoms with Gasteiger partial charge in [0.1, 0.15) is 0 Å². The van der Waals surface area contributed by atoms with Crippen LogP contribution in [0.3, 0.4) is 0 Å². The Hall–Kier alpha value is -2.41. The zero-order chi connectivity index (χ0) is 16.4. The number of aromatic amines is 1. The summed E-state index contributed by atoms with van der Waals surface area (Å²) in [6, 6.07) is 4.77. The fraction of sp³-hybridized carbons (Fsp3) is 0.438. The molecule has 0 radical (unpaired) electrons. The third-order valence-electron chi connectivity index (χ3n) is 4.28. The van der Waals surface area contributed by atoms with Crippen molar-refractivity contribution in [3.05, 3.63) is 40.1 Å². The average molecular weight is 317 g/mol. The molecular formula is C16H19N3O4. The Morgan fingerprint density at radius 2 is 2.35 bits per heavy atom. The number of nitro groups is 1. The number of carbonyl (C=O) groups excluding carboxylic acids is 1. The zero-order valence-electron chi connectivity index (χ0n) is 12.9. The molecule has 1 N–H and O–H groups in total. The van der Waals surface area contributed by atoms with Crippen LogP contribution < -0.4 is 0 Å². The Morgan fingerprint density at radius 3 is 3.00 bits per heavy atom. The average Bonchev–Trinajstić information content (AvgIpc) is 3.20. The third kappa shape index (κ3) is 2.92. The number of rotatable bonds is 5. The summed E-state index contributed by atoms with van der Waals surface area (Å²) in [7, 11) is 0. The number of ether oxygens (including phenoxy) is 1. The first-order valence-corrected chi connectivity index (χ1v) is 7.73. The number of H-pyrrole nitrogens is 1. The second-order valence-electron chi connectivity index (χ2n) is 5.73. The Bertz CT molecular complexity index is 734. The van der Waals surface area contributed by atoms with Gasteiger partial charge in [-0.2, -0.15) is 0 Å². The highest BCUT2D eigenvalue weighted by Crippen LogP contribution is 2.29. The number of nitrogens with one attached hydrogen (secondary N) is 1. The van der Waals surface area contributed by atoms with Gasteiger partial charge in [0.15, 0.2) is 0 Å². The summed E-state index contributed by atoms with van der Waals surface area (Å²) < 4.78 is 5.36. The van der Waals surface area contributed by atoms with Crippen LogP contribution in [0.2, 0.25) is 0 Å². The van der Waals surface area contributed by atoms with E-state index in [-0.39, 0.29) is 11.6 Å². The highest BCUT2D eigenvalue weighted by atomic mass is 16.6. The van der Waals surface area contributed by atoms with Gasteiger partial charge in [-0.1, -0.05) is 6.07 Å². The molecule has 1 aliphatic heterocycles. The Morgan fingerprint density at radius 1 is 1.52 bits per heavy atom. The molecule has 7 heteroatoms. The van der Waals surface area contributed by atoms with Crippen LogP contribution in [0.4, 0.5) is 5.69 Å². The number of hydrogen-bond donors (Lipinski definition) is 1. The molecule has 1 aliphatic rings. The molecule has 3 rings (SSSR count). The molecule has 2 aromatic rings. The van der Waals surface area contributed by atoms with E-state index in [0.717, 1.165) is 13.0 Å². The molecule has 1 atom stereocenters. The molecule has 0 aliphatic carbocycles. The van der Waals surface area contributed by atoms with Gasteiger partial charge in [-0.05, 0) is 19.4 Å². The summed E-state index contributed by atoms with van der Waals surface area (Å²) in [5.74, 6) is 0.152. The predicted molar refractivity (Wildman–Crippen MR) is 85.5 cm³/mol. The third-order valence-corrected chi connectivity index (χ3v) is 4.28. The first-order valence-electron chi connectivity index (χ1n) is 7.73. The lowest BCUT2D eigenvalue weighted by atomic mass is 10.1. The molecule has 23 heavy (non-hydrogen) atoms. The van der Waals surface area contributed by atoms with Crippen molar-refractivity contribution in [1.29, 1.82) is 0 Å². The normalized spacial score (nSPS) is 17.5. The fourth-order valence-corrected chi connectivity index (χ4v) is 3.05. The van der Waals surface area contributed by atoms with E-state index < -0.39 is 4.92 Å². The van der Waals surface area contributed by atoms with Crippen molar-refractivity contribution in [2.24, 2.45) is 5.92 Å². The quantitative estimate of drug-likeness (QED) is 0.678. The largest absolute Gasteiger partial charge is 0.381 e. The van der Waals surface area contributed by atoms with E-state index in [1.165, 1.54) is 6.07 Å². The van der Waals surface area contributed by atoms with Crippen molar-refractivity contribution in [1.82, 2.24) is 9.88 Å². The Labute approximate surface area is 133 Å². The number of nitrogens with zero attached hydrogens (tertiary/aromatic N) is 2. The number of fused-ring (bicyclic) bond motifs is 1. The number of nitro benzene ring substituents is 1. The Kier molecular flexibility index (Phi) is 4.29. The summed E-state index contributed by atoms with van der Waals surface area (Å²) in [5, 5.41) is 11.6. The van der Waals surface area contributed by atoms with Crippen LogP contribution in [0.25, 0.3) is 10.9 Å². The van der Waals surface area contributed by atoms with E-state index in [2.05, 4.69) is 4.98 Å². The maximum atomic E-state index is 12.9. The van der Waals surface area contributed by atoms with Crippen LogP contribution in [0.1, 0.15) is 23.7 Å². The van der Waals surface area contributed by atoms with Gasteiger partial charge in [0, 0.05) is 37.9 Å². The first-order chi connectivity index (χ1) is 11.1. The molecule has 0 spiro atoms. The van der Waals surface area contributed by atoms with E-state index in [4.69, 9.17) is 4.74 Å². The molecular weight excluding hydrogens is 298 g/mol. The van der Waals surface area contributed by atoms with Gasteiger partial charge in [0.2, 0.25) is 0 Å². The zero-order valence-corrected chi connectivity index (χ0v) is 12.9. The number of carbonyl (C=O) groups is 1. The first kappa shape index (κ1) is 15.5. The van der Waals surface area contributed by atoms with Crippen molar-refractivity contribution in [3.8, 4) is 0 Å². The molecule has 1 aromatic carbocycles. The maximum absolute atomic E-state index is 12.9. The minimum absolute atomic E-state index is 0.0487. The topological polar surface area (TPSA) is 88.5 Å². The lowest BCUT2D eigenvalue weighted by Crippen LogP contribution is -2.35. The van der Waals surface area contributed by atoms with Crippen LogP contribution in [0.15, 0.2) is 24.4 Å². The minimum atomic E-state index is -0.450. The number of benzene rings is 1. The highest BCUT2D eigenvalue weighted by Gasteiger charge is 2.26. The summed E-state index contributed by atoms with van der Waals surface area (Å²) in [6.07, 6.45) is 2.51. The van der Waals surface area contributed by atoms with Crippen LogP contribution in [0.5, 0.6) is 0 Å². The SMILES string of the molecule is CCN(C[C@H]1CCOC1)C(=O)c1c[nH]c2cccc([N+](=O)[O-])c12. The number of aromatic nitrogens is 1. The minimum Gasteiger partial charge on any atom is -0.381 e. The number of non-ortho nitro benzene ring substituents is 1. The predicted octanol–water partition coefficient (Wildman–Crippen LogP) is 2.57. The summed E-state index contributed by atoms with van der Waals surface area (Å²) >= 11 is 0. The smallest absolute Gasteiger partial charge is 0.279 e. The second-order valence-corrected chi connectivity index (χ2v) is 5.73. The van der Waals surface area contributed by atoms with Gasteiger partial charge in [0.05, 0.1) is 28.0 Å². The van der Waals surface area contributed by atoms with Crippen LogP contribution in [-0.2, 0) is 4.74 Å². The summed E-state index contributed by atoms with van der Waals surface area (Å²) in [4.78, 5) is 28.4. The van der Waals surface area contributed by atoms with Crippen LogP contribution >= 0.6 is 0 Å². The van der Waals surface area contributed by atoms with E-state index in [0.29, 0.717) is 42.1 Å².